The molecule has 21 heavy (non-hydrogen) atoms. The topological polar surface area (TPSA) is 92.4 Å². The Morgan fingerprint density at radius 1 is 1.14 bits per heavy atom. The molecule has 3 atom stereocenters. The van der Waals surface area contributed by atoms with Gasteiger partial charge in [-0.05, 0) is 18.4 Å². The zero-order valence-corrected chi connectivity index (χ0v) is 12.0. The van der Waals surface area contributed by atoms with Crippen molar-refractivity contribution in [3.63, 3.8) is 0 Å². The lowest BCUT2D eigenvalue weighted by Crippen LogP contribution is -2.44. The number of carboxylic acids is 1. The Morgan fingerprint density at radius 3 is 2.48 bits per heavy atom. The molecule has 1 aliphatic carbocycles. The Labute approximate surface area is 124 Å². The SMILES string of the molecule is NC1CCCCCC1C(=O)NC(C(=O)O)c1ccccc1. The van der Waals surface area contributed by atoms with Gasteiger partial charge in [-0.1, -0.05) is 49.6 Å². The average Bonchev–Trinajstić information content (AvgIpc) is 2.69. The third kappa shape index (κ3) is 4.04. The first-order chi connectivity index (χ1) is 10.1. The van der Waals surface area contributed by atoms with Crippen molar-refractivity contribution in [3.8, 4) is 0 Å². The van der Waals surface area contributed by atoms with E-state index >= 15 is 0 Å². The van der Waals surface area contributed by atoms with Crippen LogP contribution in [0.5, 0.6) is 0 Å². The van der Waals surface area contributed by atoms with E-state index in [4.69, 9.17) is 5.73 Å². The number of benzene rings is 1. The maximum Gasteiger partial charge on any atom is 0.330 e. The number of aliphatic carboxylic acids is 1. The molecule has 2 rings (SSSR count). The van der Waals surface area contributed by atoms with Gasteiger partial charge in [-0.3, -0.25) is 4.79 Å². The van der Waals surface area contributed by atoms with Gasteiger partial charge in [0.05, 0.1) is 5.92 Å². The van der Waals surface area contributed by atoms with Gasteiger partial charge in [0.1, 0.15) is 0 Å². The largest absolute Gasteiger partial charge is 0.479 e. The number of carbonyl (C=O) groups excluding carboxylic acids is 1. The lowest BCUT2D eigenvalue weighted by molar-refractivity contribution is -0.142. The van der Waals surface area contributed by atoms with Crippen LogP contribution < -0.4 is 11.1 Å². The van der Waals surface area contributed by atoms with Crippen LogP contribution in [0.1, 0.15) is 43.7 Å². The second-order valence-corrected chi connectivity index (χ2v) is 5.60. The van der Waals surface area contributed by atoms with Crippen molar-refractivity contribution in [2.24, 2.45) is 11.7 Å². The molecule has 0 bridgehead atoms. The molecular weight excluding hydrogens is 268 g/mol. The molecule has 1 saturated carbocycles. The van der Waals surface area contributed by atoms with Gasteiger partial charge >= 0.3 is 5.97 Å². The number of rotatable bonds is 4. The van der Waals surface area contributed by atoms with Gasteiger partial charge in [0.25, 0.3) is 0 Å². The number of amides is 1. The number of carbonyl (C=O) groups is 2. The molecular formula is C16H22N2O3. The summed E-state index contributed by atoms with van der Waals surface area (Å²) in [6.45, 7) is 0. The molecule has 0 spiro atoms. The van der Waals surface area contributed by atoms with Crippen molar-refractivity contribution >= 4 is 11.9 Å². The quantitative estimate of drug-likeness (QED) is 0.738. The van der Waals surface area contributed by atoms with Crippen molar-refractivity contribution in [2.75, 3.05) is 0 Å². The second-order valence-electron chi connectivity index (χ2n) is 5.60. The summed E-state index contributed by atoms with van der Waals surface area (Å²) in [6.07, 6.45) is 4.63. The highest BCUT2D eigenvalue weighted by molar-refractivity contribution is 5.86. The van der Waals surface area contributed by atoms with E-state index in [1.165, 1.54) is 0 Å². The third-order valence-electron chi connectivity index (χ3n) is 4.07. The fraction of sp³-hybridized carbons (Fsp3) is 0.500. The van der Waals surface area contributed by atoms with Crippen LogP contribution in [0.2, 0.25) is 0 Å². The number of carboxylic acid groups (broad SMARTS) is 1. The van der Waals surface area contributed by atoms with Crippen molar-refractivity contribution in [1.82, 2.24) is 5.32 Å². The maximum absolute atomic E-state index is 12.4. The summed E-state index contributed by atoms with van der Waals surface area (Å²) in [5, 5.41) is 12.0. The molecule has 1 fully saturated rings. The Balaban J connectivity index is 2.09. The van der Waals surface area contributed by atoms with Crippen LogP contribution in [0.25, 0.3) is 0 Å². The summed E-state index contributed by atoms with van der Waals surface area (Å²) in [4.78, 5) is 23.8. The van der Waals surface area contributed by atoms with Gasteiger partial charge in [0, 0.05) is 6.04 Å². The van der Waals surface area contributed by atoms with Crippen molar-refractivity contribution < 1.29 is 14.7 Å². The zero-order chi connectivity index (χ0) is 15.2. The van der Waals surface area contributed by atoms with Gasteiger partial charge in [-0.25, -0.2) is 4.79 Å². The second kappa shape index (κ2) is 7.22. The van der Waals surface area contributed by atoms with E-state index in [0.29, 0.717) is 5.56 Å². The van der Waals surface area contributed by atoms with Crippen LogP contribution in [-0.2, 0) is 9.59 Å². The van der Waals surface area contributed by atoms with E-state index < -0.39 is 12.0 Å². The molecule has 0 radical (unpaired) electrons. The smallest absolute Gasteiger partial charge is 0.330 e. The van der Waals surface area contributed by atoms with E-state index in [1.54, 1.807) is 24.3 Å². The van der Waals surface area contributed by atoms with E-state index in [9.17, 15) is 14.7 Å². The molecule has 0 aliphatic heterocycles. The highest BCUT2D eigenvalue weighted by atomic mass is 16.4. The number of nitrogens with two attached hydrogens (primary N) is 1. The monoisotopic (exact) mass is 290 g/mol. The average molecular weight is 290 g/mol. The van der Waals surface area contributed by atoms with Crippen LogP contribution in [0, 0.1) is 5.92 Å². The minimum Gasteiger partial charge on any atom is -0.479 e. The standard InChI is InChI=1S/C16H22N2O3/c17-13-10-6-2-5-9-12(13)15(19)18-14(16(20)21)11-7-3-1-4-8-11/h1,3-4,7-8,12-14H,2,5-6,9-10,17H2,(H,18,19)(H,20,21). The van der Waals surface area contributed by atoms with Crippen LogP contribution in [0.3, 0.4) is 0 Å². The minimum atomic E-state index is -1.06. The van der Waals surface area contributed by atoms with Crippen LogP contribution >= 0.6 is 0 Å². The van der Waals surface area contributed by atoms with Crippen molar-refractivity contribution in [1.29, 1.82) is 0 Å². The molecule has 1 amide bonds. The highest BCUT2D eigenvalue weighted by Gasteiger charge is 2.30. The van der Waals surface area contributed by atoms with E-state index in [-0.39, 0.29) is 17.9 Å². The Morgan fingerprint density at radius 2 is 1.81 bits per heavy atom. The predicted molar refractivity (Wildman–Crippen MR) is 79.5 cm³/mol. The van der Waals surface area contributed by atoms with Crippen molar-refractivity contribution in [2.45, 2.75) is 44.2 Å². The maximum atomic E-state index is 12.4. The summed E-state index contributed by atoms with van der Waals surface area (Å²) in [5.41, 5.74) is 6.63. The van der Waals surface area contributed by atoms with Gasteiger partial charge in [0.2, 0.25) is 5.91 Å². The fourth-order valence-electron chi connectivity index (χ4n) is 2.84. The first-order valence-electron chi connectivity index (χ1n) is 7.43. The lowest BCUT2D eigenvalue weighted by atomic mass is 9.94. The van der Waals surface area contributed by atoms with Gasteiger partial charge in [-0.2, -0.15) is 0 Å². The molecule has 3 unspecified atom stereocenters. The number of hydrogen-bond acceptors (Lipinski definition) is 3. The Bertz CT molecular complexity index is 490. The van der Waals surface area contributed by atoms with Crippen LogP contribution in [-0.4, -0.2) is 23.0 Å². The zero-order valence-electron chi connectivity index (χ0n) is 12.0. The number of hydrogen-bond donors (Lipinski definition) is 3. The molecule has 5 heteroatoms. The van der Waals surface area contributed by atoms with Crippen LogP contribution in [0.4, 0.5) is 0 Å². The molecule has 1 aromatic rings. The molecule has 1 aliphatic rings. The summed E-state index contributed by atoms with van der Waals surface area (Å²) in [6, 6.07) is 7.53. The summed E-state index contributed by atoms with van der Waals surface area (Å²) in [5.74, 6) is -1.60. The van der Waals surface area contributed by atoms with Crippen molar-refractivity contribution in [3.05, 3.63) is 35.9 Å². The predicted octanol–water partition coefficient (Wildman–Crippen LogP) is 1.84. The summed E-state index contributed by atoms with van der Waals surface area (Å²) in [7, 11) is 0. The molecule has 4 N–H and O–H groups in total. The van der Waals surface area contributed by atoms with Gasteiger partial charge in [0.15, 0.2) is 6.04 Å². The highest BCUT2D eigenvalue weighted by Crippen LogP contribution is 2.23. The minimum absolute atomic E-state index is 0.183. The van der Waals surface area contributed by atoms with Gasteiger partial charge in [-0.15, -0.1) is 0 Å². The molecule has 0 saturated heterocycles. The summed E-state index contributed by atoms with van der Waals surface area (Å²) < 4.78 is 0. The Hall–Kier alpha value is -1.88. The Kier molecular flexibility index (Phi) is 5.33. The first kappa shape index (κ1) is 15.5. The number of nitrogens with one attached hydrogen (secondary N) is 1. The first-order valence-corrected chi connectivity index (χ1v) is 7.43. The normalized spacial score (nSPS) is 23.9. The fourth-order valence-corrected chi connectivity index (χ4v) is 2.84. The molecule has 1 aromatic carbocycles. The molecule has 0 aromatic heterocycles. The van der Waals surface area contributed by atoms with E-state index in [0.717, 1.165) is 32.1 Å². The molecule has 0 heterocycles. The van der Waals surface area contributed by atoms with E-state index in [1.807, 2.05) is 6.07 Å². The van der Waals surface area contributed by atoms with Gasteiger partial charge < -0.3 is 16.2 Å². The summed E-state index contributed by atoms with van der Waals surface area (Å²) >= 11 is 0. The van der Waals surface area contributed by atoms with Crippen LogP contribution in [0.15, 0.2) is 30.3 Å². The third-order valence-corrected chi connectivity index (χ3v) is 4.07. The lowest BCUT2D eigenvalue weighted by Gasteiger charge is -2.23. The molecule has 5 nitrogen and oxygen atoms in total. The van der Waals surface area contributed by atoms with E-state index in [2.05, 4.69) is 5.32 Å². The molecule has 114 valence electrons.